The topological polar surface area (TPSA) is 81.4 Å². The first-order valence-electron chi connectivity index (χ1n) is 9.67. The maximum absolute atomic E-state index is 11.0. The summed E-state index contributed by atoms with van der Waals surface area (Å²) in [6, 6.07) is 3.67. The average Bonchev–Trinajstić information content (AvgIpc) is 3.25. The Morgan fingerprint density at radius 2 is 1.76 bits per heavy atom. The number of thiazole rings is 1. The maximum Gasteiger partial charge on any atom is 0.230 e. The van der Waals surface area contributed by atoms with Gasteiger partial charge >= 0.3 is 0 Å². The van der Waals surface area contributed by atoms with Gasteiger partial charge in [0.1, 0.15) is 5.82 Å². The first-order chi connectivity index (χ1) is 14.1. The van der Waals surface area contributed by atoms with Gasteiger partial charge in [0, 0.05) is 5.56 Å². The highest BCUT2D eigenvalue weighted by Gasteiger charge is 2.34. The number of likely N-dealkylation sites (tertiary alicyclic amines) is 1. The Bertz CT molecular complexity index is 1010. The average molecular weight is 419 g/mol. The Morgan fingerprint density at radius 3 is 2.38 bits per heavy atom. The highest BCUT2D eigenvalue weighted by Crippen LogP contribution is 2.48. The fourth-order valence-electron chi connectivity index (χ4n) is 4.05. The first kappa shape index (κ1) is 19.8. The van der Waals surface area contributed by atoms with E-state index < -0.39 is 0 Å². The van der Waals surface area contributed by atoms with Crippen LogP contribution in [0.25, 0.3) is 4.96 Å². The third-order valence-corrected chi connectivity index (χ3v) is 6.41. The van der Waals surface area contributed by atoms with Crippen molar-refractivity contribution >= 4 is 16.3 Å². The zero-order valence-electron chi connectivity index (χ0n) is 17.1. The molecule has 0 bridgehead atoms. The van der Waals surface area contributed by atoms with E-state index in [2.05, 4.69) is 15.0 Å². The minimum absolute atomic E-state index is 0.123. The third kappa shape index (κ3) is 3.38. The van der Waals surface area contributed by atoms with Crippen LogP contribution in [0.4, 0.5) is 0 Å². The van der Waals surface area contributed by atoms with Crippen LogP contribution in [-0.4, -0.2) is 59.0 Å². The van der Waals surface area contributed by atoms with Crippen molar-refractivity contribution in [1.82, 2.24) is 19.5 Å². The summed E-state index contributed by atoms with van der Waals surface area (Å²) in [5, 5.41) is 15.3. The zero-order valence-corrected chi connectivity index (χ0v) is 18.0. The molecule has 3 aromatic rings. The van der Waals surface area contributed by atoms with Gasteiger partial charge in [-0.15, -0.1) is 5.10 Å². The molecule has 1 aliphatic heterocycles. The number of benzene rings is 1. The lowest BCUT2D eigenvalue weighted by Crippen LogP contribution is -2.34. The monoisotopic (exact) mass is 418 g/mol. The molecule has 1 aromatic carbocycles. The lowest BCUT2D eigenvalue weighted by Gasteiger charge is -2.35. The maximum atomic E-state index is 11.0. The van der Waals surface area contributed by atoms with E-state index in [0.29, 0.717) is 28.0 Å². The molecule has 2 aromatic heterocycles. The summed E-state index contributed by atoms with van der Waals surface area (Å²) in [5.74, 6) is 2.52. The fourth-order valence-corrected chi connectivity index (χ4v) is 5.20. The van der Waals surface area contributed by atoms with Gasteiger partial charge in [0.05, 0.1) is 32.2 Å². The molecular formula is C20H26N4O4S. The highest BCUT2D eigenvalue weighted by molar-refractivity contribution is 7.17. The second kappa shape index (κ2) is 8.08. The van der Waals surface area contributed by atoms with E-state index in [4.69, 9.17) is 14.2 Å². The van der Waals surface area contributed by atoms with Gasteiger partial charge in [0.2, 0.25) is 16.6 Å². The first-order valence-corrected chi connectivity index (χ1v) is 10.5. The van der Waals surface area contributed by atoms with Crippen molar-refractivity contribution in [3.63, 3.8) is 0 Å². The molecule has 29 heavy (non-hydrogen) atoms. The van der Waals surface area contributed by atoms with Gasteiger partial charge in [-0.05, 0) is 45.0 Å². The van der Waals surface area contributed by atoms with Crippen molar-refractivity contribution in [2.24, 2.45) is 0 Å². The lowest BCUT2D eigenvalue weighted by molar-refractivity contribution is 0.183. The molecule has 1 aliphatic rings. The molecular weight excluding hydrogens is 392 g/mol. The number of rotatable bonds is 6. The van der Waals surface area contributed by atoms with Gasteiger partial charge in [-0.1, -0.05) is 17.8 Å². The summed E-state index contributed by atoms with van der Waals surface area (Å²) in [6.45, 7) is 3.70. The summed E-state index contributed by atoms with van der Waals surface area (Å²) in [7, 11) is 4.83. The molecule has 0 amide bonds. The van der Waals surface area contributed by atoms with Crippen LogP contribution in [0.1, 0.15) is 41.6 Å². The fraction of sp³-hybridized carbons (Fsp3) is 0.500. The Labute approximate surface area is 173 Å². The van der Waals surface area contributed by atoms with Gasteiger partial charge in [-0.2, -0.15) is 4.52 Å². The molecule has 3 heterocycles. The molecule has 0 unspecified atom stereocenters. The van der Waals surface area contributed by atoms with Crippen molar-refractivity contribution in [1.29, 1.82) is 0 Å². The number of ether oxygens (including phenoxy) is 3. The summed E-state index contributed by atoms with van der Waals surface area (Å²) >= 11 is 1.45. The molecule has 8 nitrogen and oxygen atoms in total. The van der Waals surface area contributed by atoms with Crippen LogP contribution in [0, 0.1) is 6.92 Å². The SMILES string of the molecule is COc1ccc([C@H](c2sc3nc(C)nn3c2O)N2CCCCC2)c(OC)c1OC. The summed E-state index contributed by atoms with van der Waals surface area (Å²) in [4.78, 5) is 8.29. The highest BCUT2D eigenvalue weighted by atomic mass is 32.1. The summed E-state index contributed by atoms with van der Waals surface area (Å²) in [6.07, 6.45) is 3.45. The standard InChI is InChI=1S/C20H26N4O4S/c1-12-21-20-24(22-12)19(25)18(29-20)15(23-10-6-5-7-11-23)13-8-9-14(26-2)17(28-4)16(13)27-3/h8-9,15,25H,5-7,10-11H2,1-4H3/t15-/m1/s1. The van der Waals surface area contributed by atoms with E-state index in [-0.39, 0.29) is 11.9 Å². The smallest absolute Gasteiger partial charge is 0.230 e. The minimum Gasteiger partial charge on any atom is -0.493 e. The van der Waals surface area contributed by atoms with E-state index in [0.717, 1.165) is 36.4 Å². The number of aryl methyl sites for hydroxylation is 1. The predicted octanol–water partition coefficient (Wildman–Crippen LogP) is 3.41. The van der Waals surface area contributed by atoms with E-state index in [1.165, 1.54) is 22.3 Å². The summed E-state index contributed by atoms with van der Waals surface area (Å²) < 4.78 is 18.3. The van der Waals surface area contributed by atoms with Crippen LogP contribution in [0.15, 0.2) is 12.1 Å². The van der Waals surface area contributed by atoms with Crippen molar-refractivity contribution < 1.29 is 19.3 Å². The van der Waals surface area contributed by atoms with Crippen molar-refractivity contribution in [2.45, 2.75) is 32.2 Å². The van der Waals surface area contributed by atoms with Crippen LogP contribution >= 0.6 is 11.3 Å². The molecule has 0 saturated carbocycles. The van der Waals surface area contributed by atoms with E-state index >= 15 is 0 Å². The number of hydrogen-bond acceptors (Lipinski definition) is 8. The van der Waals surface area contributed by atoms with Crippen LogP contribution < -0.4 is 14.2 Å². The number of fused-ring (bicyclic) bond motifs is 1. The third-order valence-electron chi connectivity index (χ3n) is 5.34. The molecule has 4 rings (SSSR count). The van der Waals surface area contributed by atoms with Gasteiger partial charge < -0.3 is 19.3 Å². The predicted molar refractivity (Wildman–Crippen MR) is 111 cm³/mol. The van der Waals surface area contributed by atoms with E-state index in [1.54, 1.807) is 21.3 Å². The zero-order chi connectivity index (χ0) is 20.5. The second-order valence-electron chi connectivity index (χ2n) is 7.07. The number of methoxy groups -OCH3 is 3. The molecule has 1 atom stereocenters. The van der Waals surface area contributed by atoms with E-state index in [9.17, 15) is 5.11 Å². The Morgan fingerprint density at radius 1 is 1.03 bits per heavy atom. The number of aromatic nitrogens is 3. The van der Waals surface area contributed by atoms with Crippen LogP contribution in [0.3, 0.4) is 0 Å². The number of piperidine rings is 1. The normalized spacial score (nSPS) is 16.1. The molecule has 0 radical (unpaired) electrons. The molecule has 1 fully saturated rings. The minimum atomic E-state index is -0.195. The summed E-state index contributed by atoms with van der Waals surface area (Å²) in [5.41, 5.74) is 0.920. The lowest BCUT2D eigenvalue weighted by atomic mass is 9.98. The van der Waals surface area contributed by atoms with Gasteiger partial charge in [0.25, 0.3) is 0 Å². The van der Waals surface area contributed by atoms with E-state index in [1.807, 2.05) is 19.1 Å². The number of aromatic hydroxyl groups is 1. The van der Waals surface area contributed by atoms with Crippen molar-refractivity contribution in [3.8, 4) is 23.1 Å². The Kier molecular flexibility index (Phi) is 5.51. The Hall–Kier alpha value is -2.52. The van der Waals surface area contributed by atoms with Gasteiger partial charge in [-0.3, -0.25) is 4.90 Å². The molecule has 156 valence electrons. The molecule has 0 spiro atoms. The van der Waals surface area contributed by atoms with Crippen LogP contribution in [0.5, 0.6) is 23.1 Å². The molecule has 9 heteroatoms. The van der Waals surface area contributed by atoms with Crippen LogP contribution in [0.2, 0.25) is 0 Å². The largest absolute Gasteiger partial charge is 0.493 e. The Balaban J connectivity index is 1.91. The molecule has 1 N–H and O–H groups in total. The number of hydrogen-bond donors (Lipinski definition) is 1. The van der Waals surface area contributed by atoms with Gasteiger partial charge in [-0.25, -0.2) is 4.98 Å². The molecule has 1 saturated heterocycles. The van der Waals surface area contributed by atoms with Crippen molar-refractivity contribution in [3.05, 3.63) is 28.4 Å². The van der Waals surface area contributed by atoms with Crippen LogP contribution in [-0.2, 0) is 0 Å². The second-order valence-corrected chi connectivity index (χ2v) is 8.08. The van der Waals surface area contributed by atoms with Gasteiger partial charge in [0.15, 0.2) is 11.5 Å². The quantitative estimate of drug-likeness (QED) is 0.657. The molecule has 0 aliphatic carbocycles. The number of nitrogens with zero attached hydrogens (tertiary/aromatic N) is 4. The van der Waals surface area contributed by atoms with Crippen molar-refractivity contribution in [2.75, 3.05) is 34.4 Å².